The maximum Gasteiger partial charge on any atom is 0.419 e. The smallest absolute Gasteiger partial charge is 0.419 e. The molecule has 29 heavy (non-hydrogen) atoms. The van der Waals surface area contributed by atoms with E-state index < -0.39 is 39.5 Å². The summed E-state index contributed by atoms with van der Waals surface area (Å²) >= 11 is 0. The van der Waals surface area contributed by atoms with Crippen LogP contribution in [0.15, 0.2) is 47.4 Å². The van der Waals surface area contributed by atoms with Crippen LogP contribution in [-0.2, 0) is 21.0 Å². The molecule has 2 N–H and O–H groups in total. The second-order valence-corrected chi connectivity index (χ2v) is 7.64. The quantitative estimate of drug-likeness (QED) is 0.653. The van der Waals surface area contributed by atoms with Gasteiger partial charge in [0.2, 0.25) is 15.9 Å². The number of alkyl halides is 3. The molecular formula is C18H18F4N2O4S. The molecule has 0 bridgehead atoms. The summed E-state index contributed by atoms with van der Waals surface area (Å²) < 4.78 is 83.7. The number of sulfonamides is 1. The lowest BCUT2D eigenvalue weighted by Gasteiger charge is -2.16. The molecule has 0 saturated heterocycles. The highest BCUT2D eigenvalue weighted by atomic mass is 32.2. The third kappa shape index (κ3) is 5.91. The van der Waals surface area contributed by atoms with Crippen molar-refractivity contribution in [2.45, 2.75) is 31.0 Å². The molecule has 0 heterocycles. The van der Waals surface area contributed by atoms with Crippen LogP contribution in [0.25, 0.3) is 0 Å². The Balaban J connectivity index is 2.10. The largest absolute Gasteiger partial charge is 0.494 e. The van der Waals surface area contributed by atoms with Crippen LogP contribution in [0.1, 0.15) is 19.4 Å². The van der Waals surface area contributed by atoms with Gasteiger partial charge in [-0.2, -0.15) is 17.9 Å². The van der Waals surface area contributed by atoms with E-state index in [1.54, 1.807) is 6.92 Å². The Morgan fingerprint density at radius 2 is 1.76 bits per heavy atom. The summed E-state index contributed by atoms with van der Waals surface area (Å²) in [5.41, 5.74) is -1.87. The summed E-state index contributed by atoms with van der Waals surface area (Å²) in [7, 11) is -4.07. The SMILES string of the molecule is CCOc1ccc(S(=O)(=O)N[C@@H](C)C(=O)Nc2ccc(F)c(C(F)(F)F)c2)cc1. The van der Waals surface area contributed by atoms with Crippen molar-refractivity contribution >= 4 is 21.6 Å². The van der Waals surface area contributed by atoms with Gasteiger partial charge in [-0.1, -0.05) is 0 Å². The zero-order valence-corrected chi connectivity index (χ0v) is 16.2. The first-order valence-corrected chi connectivity index (χ1v) is 9.85. The average molecular weight is 434 g/mol. The number of hydrogen-bond acceptors (Lipinski definition) is 4. The van der Waals surface area contributed by atoms with Crippen molar-refractivity contribution in [3.05, 3.63) is 53.8 Å². The Labute approximate surface area is 164 Å². The number of halogens is 4. The van der Waals surface area contributed by atoms with Crippen molar-refractivity contribution < 1.29 is 35.5 Å². The third-order valence-electron chi connectivity index (χ3n) is 3.71. The molecule has 2 aromatic rings. The lowest BCUT2D eigenvalue weighted by atomic mass is 10.1. The van der Waals surface area contributed by atoms with Gasteiger partial charge in [-0.25, -0.2) is 12.8 Å². The molecule has 0 aliphatic rings. The minimum Gasteiger partial charge on any atom is -0.494 e. The summed E-state index contributed by atoms with van der Waals surface area (Å²) in [4.78, 5) is 12.1. The molecule has 0 aromatic heterocycles. The number of benzene rings is 2. The van der Waals surface area contributed by atoms with Gasteiger partial charge in [-0.05, 0) is 56.3 Å². The monoisotopic (exact) mass is 434 g/mol. The predicted molar refractivity (Wildman–Crippen MR) is 97.4 cm³/mol. The van der Waals surface area contributed by atoms with Crippen molar-refractivity contribution in [2.75, 3.05) is 11.9 Å². The lowest BCUT2D eigenvalue weighted by Crippen LogP contribution is -2.41. The fraction of sp³-hybridized carbons (Fsp3) is 0.278. The summed E-state index contributed by atoms with van der Waals surface area (Å²) in [6, 6.07) is 6.08. The van der Waals surface area contributed by atoms with Gasteiger partial charge in [0, 0.05) is 5.69 Å². The molecule has 158 valence electrons. The molecular weight excluding hydrogens is 416 g/mol. The third-order valence-corrected chi connectivity index (χ3v) is 5.27. The van der Waals surface area contributed by atoms with E-state index in [1.165, 1.54) is 31.2 Å². The van der Waals surface area contributed by atoms with Gasteiger partial charge in [-0.3, -0.25) is 4.79 Å². The molecule has 0 spiro atoms. The number of nitrogens with one attached hydrogen (secondary N) is 2. The topological polar surface area (TPSA) is 84.5 Å². The molecule has 6 nitrogen and oxygen atoms in total. The van der Waals surface area contributed by atoms with Gasteiger partial charge < -0.3 is 10.1 Å². The first-order valence-electron chi connectivity index (χ1n) is 8.37. The molecule has 0 radical (unpaired) electrons. The Morgan fingerprint density at radius 3 is 2.31 bits per heavy atom. The normalized spacial score (nSPS) is 13.0. The molecule has 2 aromatic carbocycles. The van der Waals surface area contributed by atoms with Crippen LogP contribution >= 0.6 is 0 Å². The van der Waals surface area contributed by atoms with Gasteiger partial charge in [-0.15, -0.1) is 0 Å². The van der Waals surface area contributed by atoms with E-state index in [-0.39, 0.29) is 10.6 Å². The Kier molecular flexibility index (Phi) is 6.85. The van der Waals surface area contributed by atoms with Gasteiger partial charge in [0.15, 0.2) is 0 Å². The minimum absolute atomic E-state index is 0.123. The Bertz CT molecular complexity index is 976. The second-order valence-electron chi connectivity index (χ2n) is 5.93. The number of anilines is 1. The van der Waals surface area contributed by atoms with Gasteiger partial charge in [0.25, 0.3) is 0 Å². The Hall–Kier alpha value is -2.66. The standard InChI is InChI=1S/C18H18F4N2O4S/c1-3-28-13-5-7-14(8-6-13)29(26,27)24-11(2)17(25)23-12-4-9-16(19)15(10-12)18(20,21)22/h4-11,24H,3H2,1-2H3,(H,23,25)/t11-/m0/s1. The summed E-state index contributed by atoms with van der Waals surface area (Å²) in [6.07, 6.45) is -4.94. The van der Waals surface area contributed by atoms with Crippen LogP contribution in [-0.4, -0.2) is 27.0 Å². The van der Waals surface area contributed by atoms with E-state index in [0.717, 1.165) is 6.07 Å². The highest BCUT2D eigenvalue weighted by Gasteiger charge is 2.34. The van der Waals surface area contributed by atoms with Crippen LogP contribution in [0.3, 0.4) is 0 Å². The predicted octanol–water partition coefficient (Wildman–Crippen LogP) is 3.55. The number of carbonyl (C=O) groups is 1. The highest BCUT2D eigenvalue weighted by Crippen LogP contribution is 2.33. The van der Waals surface area contributed by atoms with E-state index in [1.807, 2.05) is 0 Å². The maximum absolute atomic E-state index is 13.3. The first-order chi connectivity index (χ1) is 13.4. The molecule has 0 unspecified atom stereocenters. The highest BCUT2D eigenvalue weighted by molar-refractivity contribution is 7.89. The van der Waals surface area contributed by atoms with Crippen LogP contribution in [0.2, 0.25) is 0 Å². The van der Waals surface area contributed by atoms with E-state index in [4.69, 9.17) is 4.74 Å². The van der Waals surface area contributed by atoms with Crippen molar-refractivity contribution in [2.24, 2.45) is 0 Å². The molecule has 2 rings (SSSR count). The molecule has 11 heteroatoms. The van der Waals surface area contributed by atoms with Crippen LogP contribution < -0.4 is 14.8 Å². The fourth-order valence-electron chi connectivity index (χ4n) is 2.31. The number of amides is 1. The zero-order valence-electron chi connectivity index (χ0n) is 15.4. The van der Waals surface area contributed by atoms with Crippen molar-refractivity contribution in [3.63, 3.8) is 0 Å². The minimum atomic E-state index is -4.94. The zero-order chi connectivity index (χ0) is 21.8. The second kappa shape index (κ2) is 8.78. The van der Waals surface area contributed by atoms with Crippen molar-refractivity contribution in [3.8, 4) is 5.75 Å². The van der Waals surface area contributed by atoms with Gasteiger partial charge in [0.05, 0.1) is 23.1 Å². The molecule has 0 aliphatic heterocycles. The van der Waals surface area contributed by atoms with Crippen molar-refractivity contribution in [1.82, 2.24) is 4.72 Å². The lowest BCUT2D eigenvalue weighted by molar-refractivity contribution is -0.140. The number of rotatable bonds is 7. The van der Waals surface area contributed by atoms with E-state index in [0.29, 0.717) is 24.5 Å². The first kappa shape index (κ1) is 22.6. The molecule has 1 amide bonds. The summed E-state index contributed by atoms with van der Waals surface area (Å²) in [5.74, 6) is -1.94. The number of carbonyl (C=O) groups excluding carboxylic acids is 1. The average Bonchev–Trinajstić information content (AvgIpc) is 2.62. The van der Waals surface area contributed by atoms with E-state index in [2.05, 4.69) is 10.0 Å². The van der Waals surface area contributed by atoms with Crippen LogP contribution in [0.4, 0.5) is 23.2 Å². The van der Waals surface area contributed by atoms with Gasteiger partial charge >= 0.3 is 6.18 Å². The summed E-state index contributed by atoms with van der Waals surface area (Å²) in [5, 5.41) is 2.13. The molecule has 0 aliphatic carbocycles. The van der Waals surface area contributed by atoms with Crippen molar-refractivity contribution in [1.29, 1.82) is 0 Å². The van der Waals surface area contributed by atoms with Crippen LogP contribution in [0.5, 0.6) is 5.75 Å². The van der Waals surface area contributed by atoms with E-state index >= 15 is 0 Å². The maximum atomic E-state index is 13.3. The molecule has 0 saturated carbocycles. The fourth-order valence-corrected chi connectivity index (χ4v) is 3.51. The van der Waals surface area contributed by atoms with Gasteiger partial charge in [0.1, 0.15) is 11.6 Å². The number of hydrogen-bond donors (Lipinski definition) is 2. The number of ether oxygens (including phenoxy) is 1. The summed E-state index contributed by atoms with van der Waals surface area (Å²) in [6.45, 7) is 3.39. The Morgan fingerprint density at radius 1 is 1.14 bits per heavy atom. The van der Waals surface area contributed by atoms with Crippen LogP contribution in [0, 0.1) is 5.82 Å². The molecule has 1 atom stereocenters. The van der Waals surface area contributed by atoms with E-state index in [9.17, 15) is 30.8 Å². The molecule has 0 fully saturated rings.